The molecule has 80 valence electrons. The molecule has 0 aliphatic heterocycles. The lowest BCUT2D eigenvalue weighted by atomic mass is 9.92. The summed E-state index contributed by atoms with van der Waals surface area (Å²) in [5.41, 5.74) is 2.41. The van der Waals surface area contributed by atoms with Crippen LogP contribution in [0.3, 0.4) is 0 Å². The maximum atomic E-state index is 6.09. The van der Waals surface area contributed by atoms with Gasteiger partial charge < -0.3 is 4.57 Å². The van der Waals surface area contributed by atoms with Crippen LogP contribution in [-0.4, -0.2) is 9.55 Å². The Kier molecular flexibility index (Phi) is 2.27. The molecule has 2 nitrogen and oxygen atoms in total. The molecule has 0 radical (unpaired) electrons. The minimum absolute atomic E-state index is 0.122. The first-order valence-corrected chi connectivity index (χ1v) is 5.39. The van der Waals surface area contributed by atoms with Crippen LogP contribution < -0.4 is 0 Å². The molecule has 0 saturated heterocycles. The third kappa shape index (κ3) is 1.63. The first-order valence-electron chi connectivity index (χ1n) is 5.01. The van der Waals surface area contributed by atoms with Crippen molar-refractivity contribution in [3.8, 4) is 0 Å². The van der Waals surface area contributed by atoms with Crippen molar-refractivity contribution in [2.24, 2.45) is 7.05 Å². The van der Waals surface area contributed by atoms with Gasteiger partial charge in [-0.05, 0) is 12.1 Å². The summed E-state index contributed by atoms with van der Waals surface area (Å²) in [6.45, 7) is 6.59. The standard InChI is InChI=1S/C12H15ClN2/c1-12(2,3)9-7-8-5-6-14-11(13)10(8)15(9)4/h5-7H,1-4H3. The highest BCUT2D eigenvalue weighted by atomic mass is 35.5. The van der Waals surface area contributed by atoms with Crippen LogP contribution in [0.5, 0.6) is 0 Å². The van der Waals surface area contributed by atoms with Crippen molar-refractivity contribution in [1.82, 2.24) is 9.55 Å². The quantitative estimate of drug-likeness (QED) is 0.624. The molecule has 2 aromatic heterocycles. The molecule has 2 aromatic rings. The Hall–Kier alpha value is -1.02. The highest BCUT2D eigenvalue weighted by Crippen LogP contribution is 2.30. The summed E-state index contributed by atoms with van der Waals surface area (Å²) < 4.78 is 2.13. The van der Waals surface area contributed by atoms with E-state index < -0.39 is 0 Å². The molecule has 0 N–H and O–H groups in total. The molecule has 2 rings (SSSR count). The van der Waals surface area contributed by atoms with Gasteiger partial charge >= 0.3 is 0 Å². The molecule has 0 atom stereocenters. The van der Waals surface area contributed by atoms with E-state index in [0.717, 1.165) is 10.9 Å². The van der Waals surface area contributed by atoms with Crippen molar-refractivity contribution >= 4 is 22.5 Å². The molecular weight excluding hydrogens is 208 g/mol. The number of nitrogens with zero attached hydrogens (tertiary/aromatic N) is 2. The molecule has 0 amide bonds. The van der Waals surface area contributed by atoms with Gasteiger partial charge in [0.25, 0.3) is 0 Å². The minimum atomic E-state index is 0.122. The van der Waals surface area contributed by atoms with Crippen molar-refractivity contribution in [3.05, 3.63) is 29.2 Å². The second-order valence-electron chi connectivity index (χ2n) is 4.88. The summed E-state index contributed by atoms with van der Waals surface area (Å²) in [7, 11) is 2.04. The van der Waals surface area contributed by atoms with Crippen LogP contribution in [0.4, 0.5) is 0 Å². The lowest BCUT2D eigenvalue weighted by Gasteiger charge is -2.19. The molecule has 0 unspecified atom stereocenters. The Morgan fingerprint density at radius 1 is 1.33 bits per heavy atom. The lowest BCUT2D eigenvalue weighted by Crippen LogP contribution is -2.15. The van der Waals surface area contributed by atoms with Crippen LogP contribution in [0.1, 0.15) is 26.5 Å². The van der Waals surface area contributed by atoms with Crippen LogP contribution in [0, 0.1) is 0 Å². The van der Waals surface area contributed by atoms with Crippen LogP contribution in [0.15, 0.2) is 18.3 Å². The topological polar surface area (TPSA) is 17.8 Å². The summed E-state index contributed by atoms with van der Waals surface area (Å²) in [4.78, 5) is 4.11. The number of hydrogen-bond donors (Lipinski definition) is 0. The molecule has 0 fully saturated rings. The van der Waals surface area contributed by atoms with Crippen molar-refractivity contribution in [1.29, 1.82) is 0 Å². The summed E-state index contributed by atoms with van der Waals surface area (Å²) in [6, 6.07) is 4.18. The van der Waals surface area contributed by atoms with Crippen molar-refractivity contribution in [2.75, 3.05) is 0 Å². The van der Waals surface area contributed by atoms with E-state index in [0.29, 0.717) is 5.15 Å². The molecule has 0 aliphatic rings. The zero-order valence-corrected chi connectivity index (χ0v) is 10.3. The SMILES string of the molecule is Cn1c(C(C)(C)C)cc2ccnc(Cl)c21. The average Bonchev–Trinajstić information content (AvgIpc) is 2.44. The van der Waals surface area contributed by atoms with Gasteiger partial charge in [-0.2, -0.15) is 0 Å². The minimum Gasteiger partial charge on any atom is -0.345 e. The fourth-order valence-corrected chi connectivity index (χ4v) is 2.27. The smallest absolute Gasteiger partial charge is 0.153 e. The van der Waals surface area contributed by atoms with E-state index in [1.807, 2.05) is 13.1 Å². The molecule has 15 heavy (non-hydrogen) atoms. The number of halogens is 1. The van der Waals surface area contributed by atoms with Gasteiger partial charge in [-0.1, -0.05) is 32.4 Å². The monoisotopic (exact) mass is 222 g/mol. The highest BCUT2D eigenvalue weighted by Gasteiger charge is 2.20. The van der Waals surface area contributed by atoms with E-state index in [9.17, 15) is 0 Å². The second-order valence-corrected chi connectivity index (χ2v) is 5.24. The first kappa shape index (κ1) is 10.5. The molecule has 2 heterocycles. The summed E-state index contributed by atoms with van der Waals surface area (Å²) in [5, 5.41) is 1.73. The Balaban J connectivity index is 2.82. The Morgan fingerprint density at radius 3 is 2.53 bits per heavy atom. The largest absolute Gasteiger partial charge is 0.345 e. The van der Waals surface area contributed by atoms with Gasteiger partial charge in [-0.15, -0.1) is 0 Å². The van der Waals surface area contributed by atoms with E-state index in [1.165, 1.54) is 5.69 Å². The number of aryl methyl sites for hydroxylation is 1. The van der Waals surface area contributed by atoms with Gasteiger partial charge in [0, 0.05) is 29.7 Å². The molecular formula is C12H15ClN2. The van der Waals surface area contributed by atoms with E-state index in [1.54, 1.807) is 6.20 Å². The van der Waals surface area contributed by atoms with Gasteiger partial charge in [0.2, 0.25) is 0 Å². The van der Waals surface area contributed by atoms with Gasteiger partial charge in [0.1, 0.15) is 0 Å². The Bertz CT molecular complexity index is 506. The number of fused-ring (bicyclic) bond motifs is 1. The van der Waals surface area contributed by atoms with Gasteiger partial charge in [-0.25, -0.2) is 4.98 Å². The van der Waals surface area contributed by atoms with E-state index >= 15 is 0 Å². The summed E-state index contributed by atoms with van der Waals surface area (Å²) >= 11 is 6.09. The number of aromatic nitrogens is 2. The third-order valence-corrected chi connectivity index (χ3v) is 2.94. The van der Waals surface area contributed by atoms with Crippen LogP contribution in [-0.2, 0) is 12.5 Å². The number of pyridine rings is 1. The van der Waals surface area contributed by atoms with Crippen LogP contribution in [0.2, 0.25) is 5.15 Å². The predicted molar refractivity (Wildman–Crippen MR) is 64.4 cm³/mol. The second kappa shape index (κ2) is 3.24. The van der Waals surface area contributed by atoms with E-state index in [-0.39, 0.29) is 5.41 Å². The summed E-state index contributed by atoms with van der Waals surface area (Å²) in [6.07, 6.45) is 1.75. The van der Waals surface area contributed by atoms with Crippen LogP contribution in [0.25, 0.3) is 10.9 Å². The van der Waals surface area contributed by atoms with Crippen LogP contribution >= 0.6 is 11.6 Å². The first-order chi connectivity index (χ1) is 6.91. The zero-order chi connectivity index (χ0) is 11.2. The molecule has 0 aromatic carbocycles. The van der Waals surface area contributed by atoms with Crippen molar-refractivity contribution < 1.29 is 0 Å². The molecule has 0 aliphatic carbocycles. The van der Waals surface area contributed by atoms with E-state index in [2.05, 4.69) is 36.4 Å². The maximum absolute atomic E-state index is 6.09. The van der Waals surface area contributed by atoms with Gasteiger partial charge in [-0.3, -0.25) is 0 Å². The Labute approximate surface area is 94.9 Å². The molecule has 0 bridgehead atoms. The van der Waals surface area contributed by atoms with Gasteiger partial charge in [0.15, 0.2) is 5.15 Å². The van der Waals surface area contributed by atoms with Crippen molar-refractivity contribution in [2.45, 2.75) is 26.2 Å². The van der Waals surface area contributed by atoms with E-state index in [4.69, 9.17) is 11.6 Å². The summed E-state index contributed by atoms with van der Waals surface area (Å²) in [5.74, 6) is 0. The maximum Gasteiger partial charge on any atom is 0.153 e. The predicted octanol–water partition coefficient (Wildman–Crippen LogP) is 3.52. The number of hydrogen-bond acceptors (Lipinski definition) is 1. The normalized spacial score (nSPS) is 12.3. The Morgan fingerprint density at radius 2 is 2.00 bits per heavy atom. The lowest BCUT2D eigenvalue weighted by molar-refractivity contribution is 0.547. The fraction of sp³-hybridized carbons (Fsp3) is 0.417. The molecule has 3 heteroatoms. The highest BCUT2D eigenvalue weighted by molar-refractivity contribution is 6.33. The van der Waals surface area contributed by atoms with Crippen molar-refractivity contribution in [3.63, 3.8) is 0 Å². The third-order valence-electron chi connectivity index (χ3n) is 2.67. The molecule has 0 saturated carbocycles. The number of rotatable bonds is 0. The zero-order valence-electron chi connectivity index (χ0n) is 9.50. The van der Waals surface area contributed by atoms with Gasteiger partial charge in [0.05, 0.1) is 5.52 Å². The average molecular weight is 223 g/mol. The fourth-order valence-electron chi connectivity index (χ4n) is 1.97. The molecule has 0 spiro atoms.